The third-order valence-corrected chi connectivity index (χ3v) is 6.16. The summed E-state index contributed by atoms with van der Waals surface area (Å²) in [5.74, 6) is 0.00909. The fourth-order valence-electron chi connectivity index (χ4n) is 3.38. The summed E-state index contributed by atoms with van der Waals surface area (Å²) in [6, 6.07) is 18.9. The van der Waals surface area contributed by atoms with E-state index in [9.17, 15) is 4.79 Å². The van der Waals surface area contributed by atoms with Crippen molar-refractivity contribution in [2.45, 2.75) is 18.6 Å². The molecule has 4 rings (SSSR count). The van der Waals surface area contributed by atoms with Crippen LogP contribution in [0.4, 0.5) is 5.69 Å². The molecule has 2 aliphatic heterocycles. The summed E-state index contributed by atoms with van der Waals surface area (Å²) in [6.07, 6.45) is 0.751. The van der Waals surface area contributed by atoms with Crippen LogP contribution in [0.3, 0.4) is 0 Å². The van der Waals surface area contributed by atoms with E-state index < -0.39 is 0 Å². The first kappa shape index (κ1) is 17.2. The number of benzene rings is 2. The van der Waals surface area contributed by atoms with E-state index in [0.29, 0.717) is 0 Å². The van der Waals surface area contributed by atoms with Crippen molar-refractivity contribution < 1.29 is 4.79 Å². The minimum Gasteiger partial charge on any atom is -0.368 e. The molecule has 1 atom stereocenters. The first-order chi connectivity index (χ1) is 12.7. The van der Waals surface area contributed by atoms with Crippen LogP contribution in [0.15, 0.2) is 59.6 Å². The van der Waals surface area contributed by atoms with Crippen LogP contribution in [0.1, 0.15) is 11.1 Å². The molecule has 0 unspecified atom stereocenters. The van der Waals surface area contributed by atoms with Gasteiger partial charge in [-0.05, 0) is 31.0 Å². The summed E-state index contributed by atoms with van der Waals surface area (Å²) in [5.41, 5.74) is 3.75. The molecule has 0 aliphatic carbocycles. The Balaban J connectivity index is 1.34. The lowest BCUT2D eigenvalue weighted by molar-refractivity contribution is -0.117. The van der Waals surface area contributed by atoms with Crippen molar-refractivity contribution >= 4 is 28.5 Å². The molecule has 26 heavy (non-hydrogen) atoms. The van der Waals surface area contributed by atoms with E-state index in [2.05, 4.69) is 58.1 Å². The van der Waals surface area contributed by atoms with E-state index in [1.54, 1.807) is 11.8 Å². The third kappa shape index (κ3) is 3.78. The Labute approximate surface area is 158 Å². The van der Waals surface area contributed by atoms with Gasteiger partial charge in [0.25, 0.3) is 5.91 Å². The quantitative estimate of drug-likeness (QED) is 0.836. The van der Waals surface area contributed by atoms with Crippen LogP contribution >= 0.6 is 11.8 Å². The molecule has 2 heterocycles. The number of nitrogens with zero attached hydrogens (tertiary/aromatic N) is 3. The van der Waals surface area contributed by atoms with Crippen LogP contribution in [-0.4, -0.2) is 47.4 Å². The second kappa shape index (κ2) is 7.54. The Kier molecular flexibility index (Phi) is 4.98. The van der Waals surface area contributed by atoms with Crippen LogP contribution in [0, 0.1) is 6.92 Å². The van der Waals surface area contributed by atoms with Crippen molar-refractivity contribution in [3.8, 4) is 0 Å². The Bertz CT molecular complexity index is 796. The van der Waals surface area contributed by atoms with Crippen molar-refractivity contribution in [1.82, 2.24) is 4.90 Å². The summed E-state index contributed by atoms with van der Waals surface area (Å²) in [6.45, 7) is 5.84. The first-order valence-electron chi connectivity index (χ1n) is 9.09. The van der Waals surface area contributed by atoms with Gasteiger partial charge < -0.3 is 9.80 Å². The second-order valence-corrected chi connectivity index (χ2v) is 8.01. The van der Waals surface area contributed by atoms with Crippen LogP contribution in [0.2, 0.25) is 0 Å². The lowest BCUT2D eigenvalue weighted by atomic mass is 10.1. The summed E-state index contributed by atoms with van der Waals surface area (Å²) in [4.78, 5) is 21.3. The van der Waals surface area contributed by atoms with Crippen molar-refractivity contribution in [3.63, 3.8) is 0 Å². The molecule has 0 radical (unpaired) electrons. The Morgan fingerprint density at radius 3 is 2.31 bits per heavy atom. The molecular formula is C21H23N3OS. The monoisotopic (exact) mass is 365 g/mol. The third-order valence-electron chi connectivity index (χ3n) is 4.94. The van der Waals surface area contributed by atoms with Gasteiger partial charge in [-0.25, -0.2) is 0 Å². The van der Waals surface area contributed by atoms with E-state index in [1.165, 1.54) is 16.8 Å². The molecule has 1 fully saturated rings. The number of aryl methyl sites for hydroxylation is 1. The van der Waals surface area contributed by atoms with Crippen LogP contribution in [-0.2, 0) is 11.2 Å². The standard InChI is InChI=1S/C21H23N3OS/c1-16-7-9-18(10-8-16)23-11-13-24(14-12-23)21-22-20(25)19(26-21)15-17-5-3-2-4-6-17/h2-10,19H,11-15H2,1H3/t19-/m0/s1. The summed E-state index contributed by atoms with van der Waals surface area (Å²) < 4.78 is 0. The van der Waals surface area contributed by atoms with Gasteiger partial charge >= 0.3 is 0 Å². The number of thioether (sulfide) groups is 1. The molecule has 134 valence electrons. The molecule has 1 amide bonds. The lowest BCUT2D eigenvalue weighted by Gasteiger charge is -2.36. The van der Waals surface area contributed by atoms with Gasteiger partial charge in [0.05, 0.1) is 5.25 Å². The normalized spacial score (nSPS) is 20.4. The maximum absolute atomic E-state index is 12.3. The molecule has 0 spiro atoms. The largest absolute Gasteiger partial charge is 0.368 e. The Hall–Kier alpha value is -2.27. The zero-order valence-corrected chi connectivity index (χ0v) is 15.8. The number of amides is 1. The number of aliphatic imine (C=N–C) groups is 1. The van der Waals surface area contributed by atoms with Gasteiger partial charge in [0.2, 0.25) is 0 Å². The zero-order valence-electron chi connectivity index (χ0n) is 15.0. The van der Waals surface area contributed by atoms with Crippen LogP contribution in [0.5, 0.6) is 0 Å². The molecular weight excluding hydrogens is 342 g/mol. The van der Waals surface area contributed by atoms with Crippen LogP contribution in [0.25, 0.3) is 0 Å². The van der Waals surface area contributed by atoms with Crippen molar-refractivity contribution in [2.75, 3.05) is 31.1 Å². The van der Waals surface area contributed by atoms with Gasteiger partial charge in [-0.2, -0.15) is 4.99 Å². The molecule has 1 saturated heterocycles. The number of carbonyl (C=O) groups is 1. The van der Waals surface area contributed by atoms with E-state index >= 15 is 0 Å². The summed E-state index contributed by atoms with van der Waals surface area (Å²) in [7, 11) is 0. The molecule has 2 aromatic carbocycles. The fourth-order valence-corrected chi connectivity index (χ4v) is 4.54. The lowest BCUT2D eigenvalue weighted by Crippen LogP contribution is -2.47. The number of anilines is 1. The predicted molar refractivity (Wildman–Crippen MR) is 109 cm³/mol. The van der Waals surface area contributed by atoms with Gasteiger partial charge in [0.1, 0.15) is 0 Å². The summed E-state index contributed by atoms with van der Waals surface area (Å²) in [5, 5.41) is 0.821. The molecule has 0 N–H and O–H groups in total. The van der Waals surface area contributed by atoms with Gasteiger partial charge in [-0.3, -0.25) is 4.79 Å². The molecule has 0 saturated carbocycles. The van der Waals surface area contributed by atoms with Gasteiger partial charge in [-0.15, -0.1) is 0 Å². The number of amidine groups is 1. The predicted octanol–water partition coefficient (Wildman–Crippen LogP) is 3.36. The highest BCUT2D eigenvalue weighted by molar-refractivity contribution is 8.15. The Morgan fingerprint density at radius 2 is 1.62 bits per heavy atom. The minimum absolute atomic E-state index is 0.00909. The molecule has 2 aromatic rings. The van der Waals surface area contributed by atoms with E-state index in [4.69, 9.17) is 0 Å². The highest BCUT2D eigenvalue weighted by Crippen LogP contribution is 2.28. The summed E-state index contributed by atoms with van der Waals surface area (Å²) >= 11 is 1.63. The smallest absolute Gasteiger partial charge is 0.262 e. The average molecular weight is 366 g/mol. The average Bonchev–Trinajstić information content (AvgIpc) is 3.04. The van der Waals surface area contributed by atoms with Gasteiger partial charge in [0, 0.05) is 31.9 Å². The molecule has 0 aromatic heterocycles. The number of rotatable bonds is 3. The van der Waals surface area contributed by atoms with Crippen LogP contribution < -0.4 is 4.90 Å². The number of hydrogen-bond acceptors (Lipinski definition) is 4. The Morgan fingerprint density at radius 1 is 0.962 bits per heavy atom. The van der Waals surface area contributed by atoms with E-state index in [1.807, 2.05) is 18.2 Å². The number of piperazine rings is 1. The molecule has 4 nitrogen and oxygen atoms in total. The maximum Gasteiger partial charge on any atom is 0.262 e. The molecule has 5 heteroatoms. The number of hydrogen-bond donors (Lipinski definition) is 0. The van der Waals surface area contributed by atoms with Gasteiger partial charge in [-0.1, -0.05) is 59.8 Å². The topological polar surface area (TPSA) is 35.9 Å². The van der Waals surface area contributed by atoms with Crippen molar-refractivity contribution in [3.05, 3.63) is 65.7 Å². The zero-order chi connectivity index (χ0) is 17.9. The van der Waals surface area contributed by atoms with E-state index in [-0.39, 0.29) is 11.2 Å². The van der Waals surface area contributed by atoms with Crippen molar-refractivity contribution in [1.29, 1.82) is 0 Å². The fraction of sp³-hybridized carbons (Fsp3) is 0.333. The highest BCUT2D eigenvalue weighted by atomic mass is 32.2. The second-order valence-electron chi connectivity index (χ2n) is 6.84. The first-order valence-corrected chi connectivity index (χ1v) is 9.97. The van der Waals surface area contributed by atoms with E-state index in [0.717, 1.165) is 37.8 Å². The highest BCUT2D eigenvalue weighted by Gasteiger charge is 2.32. The molecule has 2 aliphatic rings. The van der Waals surface area contributed by atoms with Gasteiger partial charge in [0.15, 0.2) is 5.17 Å². The minimum atomic E-state index is -0.0810. The number of carbonyl (C=O) groups excluding carboxylic acids is 1. The maximum atomic E-state index is 12.3. The SMILES string of the molecule is Cc1ccc(N2CCN(C3=NC(=O)[C@H](Cc4ccccc4)S3)CC2)cc1. The van der Waals surface area contributed by atoms with Crippen molar-refractivity contribution in [2.24, 2.45) is 4.99 Å². The molecule has 0 bridgehead atoms.